The smallest absolute Gasteiger partial charge is 0.237 e. The number of benzene rings is 2. The minimum absolute atomic E-state index is 0.133. The van der Waals surface area contributed by atoms with E-state index in [-0.39, 0.29) is 16.9 Å². The monoisotopic (exact) mass is 341 g/mol. The number of thioether (sulfide) groups is 1. The minimum atomic E-state index is -0.382. The number of amides is 1. The fourth-order valence-electron chi connectivity index (χ4n) is 1.99. The first kappa shape index (κ1) is 16.0. The lowest BCUT2D eigenvalue weighted by Crippen LogP contribution is -2.22. The van der Waals surface area contributed by atoms with Gasteiger partial charge in [-0.1, -0.05) is 30.0 Å². The molecule has 122 valence electrons. The van der Waals surface area contributed by atoms with Gasteiger partial charge in [-0.15, -0.1) is 5.10 Å². The maximum Gasteiger partial charge on any atom is 0.237 e. The lowest BCUT2D eigenvalue weighted by atomic mass is 10.3. The normalized spacial score (nSPS) is 11.9. The summed E-state index contributed by atoms with van der Waals surface area (Å²) >= 11 is 1.26. The maximum atomic E-state index is 12.3. The Labute approximate surface area is 142 Å². The molecule has 1 heterocycles. The molecule has 1 aromatic heterocycles. The second-order valence-corrected chi connectivity index (χ2v) is 6.31. The Kier molecular flexibility index (Phi) is 4.76. The summed E-state index contributed by atoms with van der Waals surface area (Å²) in [5.74, 6) is 0.0306. The van der Waals surface area contributed by atoms with Gasteiger partial charge in [0, 0.05) is 5.69 Å². The van der Waals surface area contributed by atoms with Crippen LogP contribution in [0.25, 0.3) is 5.69 Å². The van der Waals surface area contributed by atoms with Crippen molar-refractivity contribution in [2.24, 2.45) is 0 Å². The van der Waals surface area contributed by atoms with E-state index in [9.17, 15) is 9.90 Å². The van der Waals surface area contributed by atoms with Crippen LogP contribution in [0.3, 0.4) is 0 Å². The summed E-state index contributed by atoms with van der Waals surface area (Å²) in [4.78, 5) is 12.3. The Hall–Kier alpha value is -2.87. The molecule has 0 fully saturated rings. The van der Waals surface area contributed by atoms with Crippen molar-refractivity contribution in [3.05, 3.63) is 54.6 Å². The molecule has 0 aliphatic carbocycles. The molecule has 0 saturated carbocycles. The van der Waals surface area contributed by atoms with Crippen LogP contribution in [0.4, 0.5) is 5.69 Å². The van der Waals surface area contributed by atoms with Crippen LogP contribution in [0.5, 0.6) is 5.75 Å². The van der Waals surface area contributed by atoms with Crippen LogP contribution in [0.1, 0.15) is 6.92 Å². The molecule has 1 atom stereocenters. The van der Waals surface area contributed by atoms with Gasteiger partial charge in [0.1, 0.15) is 5.75 Å². The number of phenols is 1. The number of nitrogens with zero attached hydrogens (tertiary/aromatic N) is 4. The van der Waals surface area contributed by atoms with Gasteiger partial charge in [-0.2, -0.15) is 4.68 Å². The summed E-state index contributed by atoms with van der Waals surface area (Å²) < 4.78 is 1.52. The van der Waals surface area contributed by atoms with E-state index in [1.54, 1.807) is 31.2 Å². The van der Waals surface area contributed by atoms with Crippen LogP contribution in [-0.4, -0.2) is 36.5 Å². The largest absolute Gasteiger partial charge is 0.508 e. The summed E-state index contributed by atoms with van der Waals surface area (Å²) in [5.41, 5.74) is 1.45. The van der Waals surface area contributed by atoms with Gasteiger partial charge in [0.15, 0.2) is 0 Å². The van der Waals surface area contributed by atoms with Crippen LogP contribution in [-0.2, 0) is 4.79 Å². The number of phenolic OH excluding ortho intramolecular Hbond substituents is 1. The van der Waals surface area contributed by atoms with E-state index in [0.29, 0.717) is 10.8 Å². The van der Waals surface area contributed by atoms with Gasteiger partial charge in [-0.05, 0) is 53.7 Å². The van der Waals surface area contributed by atoms with E-state index in [0.717, 1.165) is 5.69 Å². The van der Waals surface area contributed by atoms with Gasteiger partial charge in [0.05, 0.1) is 10.9 Å². The number of hydrogen-bond donors (Lipinski definition) is 2. The van der Waals surface area contributed by atoms with Crippen molar-refractivity contribution in [2.45, 2.75) is 17.3 Å². The highest BCUT2D eigenvalue weighted by Gasteiger charge is 2.19. The summed E-state index contributed by atoms with van der Waals surface area (Å²) in [6.45, 7) is 1.79. The number of aromatic nitrogens is 4. The molecule has 0 unspecified atom stereocenters. The Balaban J connectivity index is 1.71. The van der Waals surface area contributed by atoms with Gasteiger partial charge < -0.3 is 10.4 Å². The van der Waals surface area contributed by atoms with E-state index in [4.69, 9.17) is 0 Å². The summed E-state index contributed by atoms with van der Waals surface area (Å²) in [6, 6.07) is 15.8. The lowest BCUT2D eigenvalue weighted by molar-refractivity contribution is -0.115. The zero-order chi connectivity index (χ0) is 16.9. The van der Waals surface area contributed by atoms with Crippen LogP contribution < -0.4 is 5.32 Å². The molecule has 0 bridgehead atoms. The second kappa shape index (κ2) is 7.14. The van der Waals surface area contributed by atoms with E-state index in [1.165, 1.54) is 16.4 Å². The first-order valence-corrected chi connectivity index (χ1v) is 8.12. The molecule has 8 heteroatoms. The van der Waals surface area contributed by atoms with Crippen molar-refractivity contribution in [1.82, 2.24) is 20.2 Å². The van der Waals surface area contributed by atoms with E-state index < -0.39 is 0 Å². The lowest BCUT2D eigenvalue weighted by Gasteiger charge is -2.11. The number of carbonyl (C=O) groups is 1. The predicted molar refractivity (Wildman–Crippen MR) is 91.2 cm³/mol. The van der Waals surface area contributed by atoms with Crippen LogP contribution >= 0.6 is 11.8 Å². The van der Waals surface area contributed by atoms with Crippen molar-refractivity contribution in [3.63, 3.8) is 0 Å². The molecule has 3 rings (SSSR count). The quantitative estimate of drug-likeness (QED) is 0.693. The Morgan fingerprint density at radius 1 is 1.17 bits per heavy atom. The van der Waals surface area contributed by atoms with Gasteiger partial charge in [-0.25, -0.2) is 0 Å². The highest BCUT2D eigenvalue weighted by Crippen LogP contribution is 2.24. The fraction of sp³-hybridized carbons (Fsp3) is 0.125. The standard InChI is InChI=1S/C16H15N5O2S/c1-11(15(23)17-12-5-3-2-4-6-12)24-16-18-19-20-21(16)13-7-9-14(22)10-8-13/h2-11,22H,1H3,(H,17,23)/t11-/m1/s1. The number of nitrogens with one attached hydrogen (secondary N) is 1. The van der Waals surface area contributed by atoms with Gasteiger partial charge in [0.2, 0.25) is 11.1 Å². The van der Waals surface area contributed by atoms with Crippen molar-refractivity contribution in [1.29, 1.82) is 0 Å². The molecule has 0 aliphatic rings. The third-order valence-electron chi connectivity index (χ3n) is 3.23. The summed E-state index contributed by atoms with van der Waals surface area (Å²) in [7, 11) is 0. The number of rotatable bonds is 5. The van der Waals surface area contributed by atoms with Crippen LogP contribution in [0, 0.1) is 0 Å². The minimum Gasteiger partial charge on any atom is -0.508 e. The van der Waals surface area contributed by atoms with E-state index >= 15 is 0 Å². The number of hydrogen-bond acceptors (Lipinski definition) is 6. The Morgan fingerprint density at radius 3 is 2.58 bits per heavy atom. The van der Waals surface area contributed by atoms with Gasteiger partial charge in [0.25, 0.3) is 0 Å². The SMILES string of the molecule is C[C@@H](Sc1nnnn1-c1ccc(O)cc1)C(=O)Nc1ccccc1. The third-order valence-corrected chi connectivity index (χ3v) is 4.26. The first-order valence-electron chi connectivity index (χ1n) is 7.24. The number of aromatic hydroxyl groups is 1. The topological polar surface area (TPSA) is 92.9 Å². The van der Waals surface area contributed by atoms with Crippen LogP contribution in [0.15, 0.2) is 59.8 Å². The van der Waals surface area contributed by atoms with Gasteiger partial charge >= 0.3 is 0 Å². The highest BCUT2D eigenvalue weighted by atomic mass is 32.2. The van der Waals surface area contributed by atoms with Crippen molar-refractivity contribution >= 4 is 23.4 Å². The zero-order valence-corrected chi connectivity index (χ0v) is 13.6. The molecule has 1 amide bonds. The molecule has 0 spiro atoms. The first-order chi connectivity index (χ1) is 11.6. The average Bonchev–Trinajstić information content (AvgIpc) is 3.04. The Morgan fingerprint density at radius 2 is 1.88 bits per heavy atom. The molecule has 24 heavy (non-hydrogen) atoms. The summed E-state index contributed by atoms with van der Waals surface area (Å²) in [6.07, 6.45) is 0. The number of para-hydroxylation sites is 1. The molecule has 0 saturated heterocycles. The van der Waals surface area contributed by atoms with Crippen molar-refractivity contribution < 1.29 is 9.90 Å². The van der Waals surface area contributed by atoms with Crippen molar-refractivity contribution in [2.75, 3.05) is 5.32 Å². The van der Waals surface area contributed by atoms with Crippen molar-refractivity contribution in [3.8, 4) is 11.4 Å². The average molecular weight is 341 g/mol. The molecule has 3 aromatic rings. The molecule has 7 nitrogen and oxygen atoms in total. The summed E-state index contributed by atoms with van der Waals surface area (Å²) in [5, 5.41) is 23.9. The molecular formula is C16H15N5O2S. The van der Waals surface area contributed by atoms with Gasteiger partial charge in [-0.3, -0.25) is 4.79 Å². The number of carbonyl (C=O) groups excluding carboxylic acids is 1. The zero-order valence-electron chi connectivity index (χ0n) is 12.8. The number of anilines is 1. The maximum absolute atomic E-state index is 12.3. The van der Waals surface area contributed by atoms with Crippen LogP contribution in [0.2, 0.25) is 0 Å². The molecule has 2 N–H and O–H groups in total. The molecule has 0 radical (unpaired) electrons. The van der Waals surface area contributed by atoms with E-state index in [2.05, 4.69) is 20.8 Å². The number of tetrazole rings is 1. The predicted octanol–water partition coefficient (Wildman–Crippen LogP) is 2.49. The fourth-order valence-corrected chi connectivity index (χ4v) is 2.79. The molecule has 0 aliphatic heterocycles. The third kappa shape index (κ3) is 3.72. The second-order valence-electron chi connectivity index (χ2n) is 5.01. The Bertz CT molecular complexity index is 820. The molecule has 2 aromatic carbocycles. The molecular weight excluding hydrogens is 326 g/mol. The highest BCUT2D eigenvalue weighted by molar-refractivity contribution is 8.00. The van der Waals surface area contributed by atoms with E-state index in [1.807, 2.05) is 30.3 Å².